The number of fused-ring (bicyclic) bond motifs is 1. The minimum absolute atomic E-state index is 0.209. The quantitative estimate of drug-likeness (QED) is 0.929. The molecule has 0 saturated carbocycles. The first-order chi connectivity index (χ1) is 11.8. The highest BCUT2D eigenvalue weighted by atomic mass is 32.1. The van der Waals surface area contributed by atoms with Crippen molar-refractivity contribution in [3.8, 4) is 10.7 Å². The van der Waals surface area contributed by atoms with E-state index in [0.29, 0.717) is 6.42 Å². The highest BCUT2D eigenvalue weighted by Gasteiger charge is 2.31. The molecule has 2 aromatic heterocycles. The lowest BCUT2D eigenvalue weighted by molar-refractivity contribution is -0.130. The van der Waals surface area contributed by atoms with Crippen LogP contribution in [0.25, 0.3) is 10.7 Å². The highest BCUT2D eigenvalue weighted by Crippen LogP contribution is 2.27. The van der Waals surface area contributed by atoms with Crippen molar-refractivity contribution in [2.45, 2.75) is 19.3 Å². The summed E-state index contributed by atoms with van der Waals surface area (Å²) >= 11 is 1.56. The molecule has 126 valence electrons. The number of carbonyl (C=O) groups excluding carboxylic acids is 1. The van der Waals surface area contributed by atoms with E-state index in [1.807, 2.05) is 28.5 Å². The summed E-state index contributed by atoms with van der Waals surface area (Å²) in [5, 5.41) is 6.34. The molecule has 0 radical (unpaired) electrons. The Morgan fingerprint density at radius 3 is 2.75 bits per heavy atom. The molecule has 1 N–H and O–H groups in total. The molecule has 2 fully saturated rings. The maximum Gasteiger partial charge on any atom is 0.228 e. The molecule has 4 heterocycles. The number of hydrogen-bond acceptors (Lipinski definition) is 5. The molecule has 2 atom stereocenters. The average Bonchev–Trinajstić information content (AvgIpc) is 3.21. The lowest BCUT2D eigenvalue weighted by Crippen LogP contribution is -2.34. The third kappa shape index (κ3) is 3.35. The topological polar surface area (TPSA) is 58.1 Å². The fourth-order valence-electron chi connectivity index (χ4n) is 3.73. The number of nitrogens with zero attached hydrogens (tertiary/aromatic N) is 3. The van der Waals surface area contributed by atoms with Gasteiger partial charge in [-0.05, 0) is 49.9 Å². The zero-order chi connectivity index (χ0) is 16.4. The van der Waals surface area contributed by atoms with Gasteiger partial charge in [0.25, 0.3) is 0 Å². The van der Waals surface area contributed by atoms with Gasteiger partial charge in [-0.3, -0.25) is 9.78 Å². The Kier molecular flexibility index (Phi) is 4.58. The van der Waals surface area contributed by atoms with Crippen LogP contribution >= 0.6 is 11.3 Å². The molecule has 5 nitrogen and oxygen atoms in total. The molecule has 2 aliphatic heterocycles. The number of likely N-dealkylation sites (tertiary alicyclic amines) is 1. The van der Waals surface area contributed by atoms with Crippen molar-refractivity contribution >= 4 is 17.2 Å². The molecule has 6 heteroatoms. The van der Waals surface area contributed by atoms with E-state index in [1.165, 1.54) is 0 Å². The maximum atomic E-state index is 12.6. The lowest BCUT2D eigenvalue weighted by atomic mass is 9.92. The molecule has 2 aliphatic rings. The zero-order valence-corrected chi connectivity index (χ0v) is 14.5. The Hall–Kier alpha value is -1.79. The predicted molar refractivity (Wildman–Crippen MR) is 94.7 cm³/mol. The largest absolute Gasteiger partial charge is 0.342 e. The third-order valence-electron chi connectivity index (χ3n) is 5.14. The second-order valence-electron chi connectivity index (χ2n) is 6.67. The molecule has 2 aromatic rings. The van der Waals surface area contributed by atoms with Crippen molar-refractivity contribution in [3.05, 3.63) is 35.5 Å². The van der Waals surface area contributed by atoms with E-state index in [9.17, 15) is 4.79 Å². The van der Waals surface area contributed by atoms with Crippen LogP contribution in [-0.4, -0.2) is 47.0 Å². The number of hydrogen-bond donors (Lipinski definition) is 1. The van der Waals surface area contributed by atoms with Gasteiger partial charge in [-0.1, -0.05) is 6.07 Å². The van der Waals surface area contributed by atoms with Crippen LogP contribution in [0.15, 0.2) is 29.8 Å². The van der Waals surface area contributed by atoms with Crippen LogP contribution in [0.1, 0.15) is 18.5 Å². The summed E-state index contributed by atoms with van der Waals surface area (Å²) in [4.78, 5) is 23.6. The number of carbonyl (C=O) groups is 1. The van der Waals surface area contributed by atoms with Crippen molar-refractivity contribution in [3.63, 3.8) is 0 Å². The van der Waals surface area contributed by atoms with Gasteiger partial charge in [0.1, 0.15) is 5.01 Å². The maximum absolute atomic E-state index is 12.6. The smallest absolute Gasteiger partial charge is 0.228 e. The summed E-state index contributed by atoms with van der Waals surface area (Å²) in [7, 11) is 0. The molecule has 0 bridgehead atoms. The minimum Gasteiger partial charge on any atom is -0.342 e. The zero-order valence-electron chi connectivity index (χ0n) is 13.6. The summed E-state index contributed by atoms with van der Waals surface area (Å²) in [6.07, 6.45) is 4.42. The number of thiazole rings is 1. The fraction of sp³-hybridized carbons (Fsp3) is 0.500. The van der Waals surface area contributed by atoms with Gasteiger partial charge in [-0.2, -0.15) is 0 Å². The van der Waals surface area contributed by atoms with Gasteiger partial charge in [0.05, 0.1) is 17.8 Å². The Balaban J connectivity index is 1.38. The molecule has 0 spiro atoms. The first-order valence-corrected chi connectivity index (χ1v) is 9.52. The van der Waals surface area contributed by atoms with E-state index >= 15 is 0 Å². The molecular weight excluding hydrogens is 320 g/mol. The van der Waals surface area contributed by atoms with Crippen LogP contribution in [0.5, 0.6) is 0 Å². The van der Waals surface area contributed by atoms with Crippen molar-refractivity contribution < 1.29 is 4.79 Å². The summed E-state index contributed by atoms with van der Waals surface area (Å²) in [5.41, 5.74) is 1.73. The molecule has 2 saturated heterocycles. The summed E-state index contributed by atoms with van der Waals surface area (Å²) in [6, 6.07) is 5.80. The van der Waals surface area contributed by atoms with Gasteiger partial charge in [-0.25, -0.2) is 4.98 Å². The molecule has 0 aromatic carbocycles. The van der Waals surface area contributed by atoms with Crippen LogP contribution < -0.4 is 5.32 Å². The van der Waals surface area contributed by atoms with Gasteiger partial charge in [0.15, 0.2) is 0 Å². The van der Waals surface area contributed by atoms with Crippen molar-refractivity contribution in [2.24, 2.45) is 11.8 Å². The van der Waals surface area contributed by atoms with E-state index in [0.717, 1.165) is 67.3 Å². The number of nitrogens with one attached hydrogen (secondary N) is 1. The van der Waals surface area contributed by atoms with Gasteiger partial charge in [0.2, 0.25) is 5.91 Å². The van der Waals surface area contributed by atoms with Crippen LogP contribution in [0, 0.1) is 11.8 Å². The summed E-state index contributed by atoms with van der Waals surface area (Å²) in [5.74, 6) is 1.71. The third-order valence-corrected chi connectivity index (χ3v) is 6.05. The molecule has 0 aliphatic carbocycles. The molecule has 1 amide bonds. The Morgan fingerprint density at radius 1 is 1.25 bits per heavy atom. The second-order valence-corrected chi connectivity index (χ2v) is 7.53. The van der Waals surface area contributed by atoms with Crippen LogP contribution in [0.4, 0.5) is 0 Å². The van der Waals surface area contributed by atoms with Crippen LogP contribution in [0.2, 0.25) is 0 Å². The Bertz CT molecular complexity index is 688. The van der Waals surface area contributed by atoms with E-state index in [-0.39, 0.29) is 5.91 Å². The first kappa shape index (κ1) is 15.7. The van der Waals surface area contributed by atoms with Gasteiger partial charge in [0, 0.05) is 24.7 Å². The lowest BCUT2D eigenvalue weighted by Gasteiger charge is -2.20. The number of amides is 1. The van der Waals surface area contributed by atoms with E-state index < -0.39 is 0 Å². The number of rotatable bonds is 3. The van der Waals surface area contributed by atoms with Gasteiger partial charge >= 0.3 is 0 Å². The summed E-state index contributed by atoms with van der Waals surface area (Å²) in [6.45, 7) is 4.01. The van der Waals surface area contributed by atoms with Crippen molar-refractivity contribution in [1.82, 2.24) is 20.2 Å². The van der Waals surface area contributed by atoms with E-state index in [1.54, 1.807) is 17.5 Å². The number of aromatic nitrogens is 2. The highest BCUT2D eigenvalue weighted by molar-refractivity contribution is 7.13. The van der Waals surface area contributed by atoms with Gasteiger partial charge in [-0.15, -0.1) is 11.3 Å². The minimum atomic E-state index is 0.209. The fourth-order valence-corrected chi connectivity index (χ4v) is 4.52. The van der Waals surface area contributed by atoms with Crippen molar-refractivity contribution in [1.29, 1.82) is 0 Å². The van der Waals surface area contributed by atoms with Crippen LogP contribution in [-0.2, 0) is 11.2 Å². The molecule has 24 heavy (non-hydrogen) atoms. The normalized spacial score (nSPS) is 23.8. The van der Waals surface area contributed by atoms with E-state index in [2.05, 4.69) is 15.3 Å². The van der Waals surface area contributed by atoms with Crippen molar-refractivity contribution in [2.75, 3.05) is 26.2 Å². The monoisotopic (exact) mass is 342 g/mol. The average molecular weight is 342 g/mol. The Morgan fingerprint density at radius 2 is 2.04 bits per heavy atom. The first-order valence-electron chi connectivity index (χ1n) is 8.64. The summed E-state index contributed by atoms with van der Waals surface area (Å²) < 4.78 is 0. The standard InChI is InChI=1S/C18H22N4OS/c23-17(22-7-4-13-10-19-11-14(13)5-8-22)9-15-12-24-18(21-15)16-3-1-2-6-20-16/h1-3,6,12-14,19H,4-5,7-11H2/t13-,14+. The predicted octanol–water partition coefficient (Wildman–Crippen LogP) is 2.21. The molecular formula is C18H22N4OS. The van der Waals surface area contributed by atoms with Crippen LogP contribution in [0.3, 0.4) is 0 Å². The Labute approximate surface area is 146 Å². The van der Waals surface area contributed by atoms with Gasteiger partial charge < -0.3 is 10.2 Å². The number of pyridine rings is 1. The second kappa shape index (κ2) is 6.99. The molecule has 4 rings (SSSR count). The SMILES string of the molecule is O=C(Cc1csc(-c2ccccn2)n1)N1CC[C@@H]2CNC[C@@H]2CC1. The molecule has 0 unspecified atom stereocenters. The van der Waals surface area contributed by atoms with E-state index in [4.69, 9.17) is 0 Å².